The minimum atomic E-state index is -1.28. The molecule has 5 heteroatoms. The number of aromatic nitrogens is 2. The lowest BCUT2D eigenvalue weighted by Gasteiger charge is -2.21. The van der Waals surface area contributed by atoms with Crippen LogP contribution in [0.3, 0.4) is 0 Å². The number of carbonyl (C=O) groups excluding carboxylic acids is 1. The van der Waals surface area contributed by atoms with E-state index in [4.69, 9.17) is 0 Å². The van der Waals surface area contributed by atoms with E-state index in [1.807, 2.05) is 42.7 Å². The summed E-state index contributed by atoms with van der Waals surface area (Å²) in [6, 6.07) is 7.53. The lowest BCUT2D eigenvalue weighted by Crippen LogP contribution is -2.42. The summed E-state index contributed by atoms with van der Waals surface area (Å²) >= 11 is 0. The Morgan fingerprint density at radius 3 is 2.45 bits per heavy atom. The monoisotopic (exact) mass is 299 g/mol. The quantitative estimate of drug-likeness (QED) is 0.912. The number of hydrogen-bond donors (Lipinski definition) is 2. The highest BCUT2D eigenvalue weighted by molar-refractivity contribution is 5.97. The van der Waals surface area contributed by atoms with Crippen LogP contribution in [-0.2, 0) is 4.79 Å². The average molecular weight is 299 g/mol. The van der Waals surface area contributed by atoms with E-state index >= 15 is 0 Å². The standard InChI is InChI=1S/C17H21N3O2/c1-11-12(2)20(10-18-11)15-8-6-14(7-9-15)19-16(21)17(3,22)13-4-5-13/h6-10,13,22H,4-5H2,1-3H3,(H,19,21). The second-order valence-corrected chi connectivity index (χ2v) is 6.21. The van der Waals surface area contributed by atoms with Gasteiger partial charge in [0.05, 0.1) is 12.0 Å². The molecule has 0 aliphatic heterocycles. The Bertz CT molecular complexity index is 697. The predicted octanol–water partition coefficient (Wildman–Crippen LogP) is 2.59. The Balaban J connectivity index is 1.74. The molecule has 1 amide bonds. The van der Waals surface area contributed by atoms with Crippen molar-refractivity contribution in [1.82, 2.24) is 9.55 Å². The molecule has 0 radical (unpaired) electrons. The number of imidazole rings is 1. The lowest BCUT2D eigenvalue weighted by atomic mass is 9.99. The number of anilines is 1. The van der Waals surface area contributed by atoms with Crippen LogP contribution in [-0.4, -0.2) is 26.2 Å². The third kappa shape index (κ3) is 2.64. The summed E-state index contributed by atoms with van der Waals surface area (Å²) in [4.78, 5) is 16.4. The number of aryl methyl sites for hydroxylation is 1. The molecule has 3 rings (SSSR count). The highest BCUT2D eigenvalue weighted by atomic mass is 16.3. The van der Waals surface area contributed by atoms with Crippen molar-refractivity contribution in [3.8, 4) is 5.69 Å². The first-order valence-corrected chi connectivity index (χ1v) is 7.54. The summed E-state index contributed by atoms with van der Waals surface area (Å²) in [7, 11) is 0. The van der Waals surface area contributed by atoms with Gasteiger partial charge in [-0.05, 0) is 63.8 Å². The van der Waals surface area contributed by atoms with E-state index in [2.05, 4.69) is 10.3 Å². The van der Waals surface area contributed by atoms with Crippen molar-refractivity contribution in [1.29, 1.82) is 0 Å². The van der Waals surface area contributed by atoms with E-state index in [1.165, 1.54) is 0 Å². The van der Waals surface area contributed by atoms with Crippen LogP contribution in [0.2, 0.25) is 0 Å². The number of amides is 1. The molecule has 1 heterocycles. The molecule has 22 heavy (non-hydrogen) atoms. The Morgan fingerprint density at radius 2 is 1.95 bits per heavy atom. The van der Waals surface area contributed by atoms with Crippen LogP contribution in [0, 0.1) is 19.8 Å². The largest absolute Gasteiger partial charge is 0.380 e. The first-order chi connectivity index (χ1) is 10.4. The van der Waals surface area contributed by atoms with Gasteiger partial charge in [-0.25, -0.2) is 4.98 Å². The number of rotatable bonds is 4. The van der Waals surface area contributed by atoms with Crippen LogP contribution in [0.5, 0.6) is 0 Å². The topological polar surface area (TPSA) is 67.2 Å². The maximum atomic E-state index is 12.2. The van der Waals surface area contributed by atoms with Gasteiger partial charge in [0.15, 0.2) is 0 Å². The van der Waals surface area contributed by atoms with Gasteiger partial charge in [-0.3, -0.25) is 4.79 Å². The van der Waals surface area contributed by atoms with E-state index in [1.54, 1.807) is 13.3 Å². The third-order valence-corrected chi connectivity index (χ3v) is 4.49. The van der Waals surface area contributed by atoms with Gasteiger partial charge in [-0.1, -0.05) is 0 Å². The molecule has 0 saturated heterocycles. The van der Waals surface area contributed by atoms with Crippen molar-refractivity contribution in [3.63, 3.8) is 0 Å². The van der Waals surface area contributed by atoms with Crippen molar-refractivity contribution < 1.29 is 9.90 Å². The number of hydrogen-bond acceptors (Lipinski definition) is 3. The van der Waals surface area contributed by atoms with Crippen molar-refractivity contribution in [2.45, 2.75) is 39.2 Å². The van der Waals surface area contributed by atoms with Crippen LogP contribution < -0.4 is 5.32 Å². The smallest absolute Gasteiger partial charge is 0.256 e. The molecular formula is C17H21N3O2. The van der Waals surface area contributed by atoms with Gasteiger partial charge in [0.2, 0.25) is 0 Å². The Labute approximate surface area is 130 Å². The Morgan fingerprint density at radius 1 is 1.32 bits per heavy atom. The first kappa shape index (κ1) is 14.8. The molecule has 1 aliphatic carbocycles. The molecule has 1 atom stereocenters. The van der Waals surface area contributed by atoms with Gasteiger partial charge in [0.25, 0.3) is 5.91 Å². The highest BCUT2D eigenvalue weighted by Gasteiger charge is 2.45. The average Bonchev–Trinajstić information content (AvgIpc) is 3.29. The van der Waals surface area contributed by atoms with Crippen LogP contribution in [0.15, 0.2) is 30.6 Å². The zero-order valence-corrected chi connectivity index (χ0v) is 13.1. The summed E-state index contributed by atoms with van der Waals surface area (Å²) in [5.41, 5.74) is 2.48. The summed E-state index contributed by atoms with van der Waals surface area (Å²) in [6.45, 7) is 5.58. The molecular weight excluding hydrogens is 278 g/mol. The van der Waals surface area contributed by atoms with Gasteiger partial charge in [0.1, 0.15) is 5.60 Å². The molecule has 1 aliphatic rings. The van der Waals surface area contributed by atoms with E-state index < -0.39 is 5.60 Å². The van der Waals surface area contributed by atoms with Gasteiger partial charge in [-0.15, -0.1) is 0 Å². The van der Waals surface area contributed by atoms with Crippen LogP contribution in [0.25, 0.3) is 5.69 Å². The predicted molar refractivity (Wildman–Crippen MR) is 85.0 cm³/mol. The second kappa shape index (κ2) is 5.25. The third-order valence-electron chi connectivity index (χ3n) is 4.49. The van der Waals surface area contributed by atoms with E-state index in [0.717, 1.165) is 29.9 Å². The van der Waals surface area contributed by atoms with E-state index in [0.29, 0.717) is 5.69 Å². The fourth-order valence-corrected chi connectivity index (χ4v) is 2.55. The van der Waals surface area contributed by atoms with Gasteiger partial charge < -0.3 is 15.0 Å². The number of benzene rings is 1. The molecule has 1 aromatic carbocycles. The highest BCUT2D eigenvalue weighted by Crippen LogP contribution is 2.40. The Hall–Kier alpha value is -2.14. The summed E-state index contributed by atoms with van der Waals surface area (Å²) in [5, 5.41) is 13.0. The molecule has 0 spiro atoms. The Kier molecular flexibility index (Phi) is 3.53. The number of carbonyl (C=O) groups is 1. The number of aliphatic hydroxyl groups is 1. The molecule has 5 nitrogen and oxygen atoms in total. The number of nitrogens with one attached hydrogen (secondary N) is 1. The maximum Gasteiger partial charge on any atom is 0.256 e. The molecule has 0 bridgehead atoms. The number of nitrogens with zero attached hydrogens (tertiary/aromatic N) is 2. The van der Waals surface area contributed by atoms with Crippen LogP contribution in [0.1, 0.15) is 31.2 Å². The van der Waals surface area contributed by atoms with Crippen molar-refractivity contribution in [2.75, 3.05) is 5.32 Å². The maximum absolute atomic E-state index is 12.2. The molecule has 1 aromatic heterocycles. The van der Waals surface area contributed by atoms with Crippen molar-refractivity contribution in [3.05, 3.63) is 42.0 Å². The molecule has 1 saturated carbocycles. The summed E-state index contributed by atoms with van der Waals surface area (Å²) < 4.78 is 2.00. The molecule has 2 aromatic rings. The van der Waals surface area contributed by atoms with E-state index in [-0.39, 0.29) is 11.8 Å². The summed E-state index contributed by atoms with van der Waals surface area (Å²) in [5.74, 6) is -0.249. The minimum Gasteiger partial charge on any atom is -0.380 e. The van der Waals surface area contributed by atoms with Crippen LogP contribution in [0.4, 0.5) is 5.69 Å². The lowest BCUT2D eigenvalue weighted by molar-refractivity contribution is -0.134. The van der Waals surface area contributed by atoms with Gasteiger partial charge in [-0.2, -0.15) is 0 Å². The van der Waals surface area contributed by atoms with E-state index in [9.17, 15) is 9.90 Å². The zero-order valence-electron chi connectivity index (χ0n) is 13.1. The second-order valence-electron chi connectivity index (χ2n) is 6.21. The molecule has 1 unspecified atom stereocenters. The van der Waals surface area contributed by atoms with Gasteiger partial charge >= 0.3 is 0 Å². The summed E-state index contributed by atoms with van der Waals surface area (Å²) in [6.07, 6.45) is 3.62. The minimum absolute atomic E-state index is 0.0864. The van der Waals surface area contributed by atoms with Crippen molar-refractivity contribution in [2.24, 2.45) is 5.92 Å². The van der Waals surface area contributed by atoms with Crippen LogP contribution >= 0.6 is 0 Å². The first-order valence-electron chi connectivity index (χ1n) is 7.54. The fraction of sp³-hybridized carbons (Fsp3) is 0.412. The fourth-order valence-electron chi connectivity index (χ4n) is 2.55. The van der Waals surface area contributed by atoms with Crippen molar-refractivity contribution >= 4 is 11.6 Å². The molecule has 116 valence electrons. The van der Waals surface area contributed by atoms with Gasteiger partial charge in [0, 0.05) is 17.1 Å². The SMILES string of the molecule is Cc1ncn(-c2ccc(NC(=O)C(C)(O)C3CC3)cc2)c1C. The normalized spacial score (nSPS) is 17.1. The molecule has 1 fully saturated rings. The molecule has 2 N–H and O–H groups in total. The zero-order chi connectivity index (χ0) is 15.9.